The Morgan fingerprint density at radius 1 is 1.25 bits per heavy atom. The van der Waals surface area contributed by atoms with E-state index in [1.54, 1.807) is 7.11 Å². The third kappa shape index (κ3) is 2.64. The van der Waals surface area contributed by atoms with Gasteiger partial charge in [0.15, 0.2) is 0 Å². The van der Waals surface area contributed by atoms with Crippen molar-refractivity contribution >= 4 is 5.57 Å². The summed E-state index contributed by atoms with van der Waals surface area (Å²) in [6.07, 6.45) is 4.31. The lowest BCUT2D eigenvalue weighted by atomic mass is 9.86. The molecule has 0 aliphatic carbocycles. The van der Waals surface area contributed by atoms with E-state index in [1.165, 1.54) is 24.0 Å². The van der Waals surface area contributed by atoms with Gasteiger partial charge in [0.2, 0.25) is 0 Å². The quantitative estimate of drug-likeness (QED) is 0.786. The van der Waals surface area contributed by atoms with Crippen molar-refractivity contribution < 1.29 is 4.74 Å². The summed E-state index contributed by atoms with van der Waals surface area (Å²) < 4.78 is 5.23. The Hall–Kier alpha value is -1.28. The Balaban J connectivity index is 2.20. The van der Waals surface area contributed by atoms with Crippen LogP contribution in [0, 0.1) is 5.92 Å². The van der Waals surface area contributed by atoms with E-state index < -0.39 is 0 Å². The first-order chi connectivity index (χ1) is 7.92. The second-order valence-corrected chi connectivity index (χ2v) is 4.20. The molecule has 1 heterocycles. The predicted molar refractivity (Wildman–Crippen MR) is 67.0 cm³/mol. The minimum atomic E-state index is 0.628. The van der Waals surface area contributed by atoms with Gasteiger partial charge in [-0.3, -0.25) is 0 Å². The number of benzene rings is 1. The fraction of sp³-hybridized carbons (Fsp3) is 0.429. The maximum atomic E-state index is 5.23. The van der Waals surface area contributed by atoms with Crippen LogP contribution in [-0.2, 0) is 4.74 Å². The zero-order valence-corrected chi connectivity index (χ0v) is 9.78. The summed E-state index contributed by atoms with van der Waals surface area (Å²) in [6, 6.07) is 10.5. The Labute approximate surface area is 97.3 Å². The number of ether oxygens (including phenoxy) is 1. The van der Waals surface area contributed by atoms with Gasteiger partial charge in [-0.25, -0.2) is 0 Å². The van der Waals surface area contributed by atoms with Crippen LogP contribution in [0.15, 0.2) is 36.6 Å². The highest BCUT2D eigenvalue weighted by molar-refractivity contribution is 5.66. The van der Waals surface area contributed by atoms with E-state index in [0.29, 0.717) is 5.92 Å². The molecule has 1 N–H and O–H groups in total. The Kier molecular flexibility index (Phi) is 4.00. The first kappa shape index (κ1) is 11.2. The Morgan fingerprint density at radius 3 is 2.56 bits per heavy atom. The smallest absolute Gasteiger partial charge is 0.0865 e. The summed E-state index contributed by atoms with van der Waals surface area (Å²) in [7, 11) is 1.73. The molecule has 0 atom stereocenters. The van der Waals surface area contributed by atoms with Crippen LogP contribution >= 0.6 is 0 Å². The van der Waals surface area contributed by atoms with Gasteiger partial charge in [-0.1, -0.05) is 30.3 Å². The van der Waals surface area contributed by atoms with E-state index in [9.17, 15) is 0 Å². The lowest BCUT2D eigenvalue weighted by Gasteiger charge is -2.25. The minimum Gasteiger partial charge on any atom is -0.504 e. The molecule has 0 saturated carbocycles. The molecular weight excluding hydrogens is 198 g/mol. The normalized spacial score (nSPS) is 18.4. The van der Waals surface area contributed by atoms with Crippen LogP contribution in [0.2, 0.25) is 0 Å². The van der Waals surface area contributed by atoms with Crippen LogP contribution < -0.4 is 5.32 Å². The Bertz CT molecular complexity index is 339. The number of piperidine rings is 1. The van der Waals surface area contributed by atoms with Gasteiger partial charge in [-0.05, 0) is 43.0 Å². The van der Waals surface area contributed by atoms with Crippen LogP contribution in [0.1, 0.15) is 18.4 Å². The third-order valence-corrected chi connectivity index (χ3v) is 3.13. The zero-order valence-electron chi connectivity index (χ0n) is 9.78. The summed E-state index contributed by atoms with van der Waals surface area (Å²) in [6.45, 7) is 2.22. The molecule has 1 aliphatic heterocycles. The lowest BCUT2D eigenvalue weighted by molar-refractivity contribution is 0.333. The van der Waals surface area contributed by atoms with E-state index in [4.69, 9.17) is 4.74 Å². The van der Waals surface area contributed by atoms with Gasteiger partial charge in [-0.2, -0.15) is 0 Å². The number of nitrogens with one attached hydrogen (secondary N) is 1. The summed E-state index contributed by atoms with van der Waals surface area (Å²) in [5.41, 5.74) is 2.63. The maximum Gasteiger partial charge on any atom is 0.0865 e. The first-order valence-electron chi connectivity index (χ1n) is 5.91. The molecule has 1 aliphatic rings. The van der Waals surface area contributed by atoms with Crippen molar-refractivity contribution in [2.75, 3.05) is 20.2 Å². The van der Waals surface area contributed by atoms with Crippen LogP contribution in [-0.4, -0.2) is 20.2 Å². The molecule has 0 aromatic heterocycles. The predicted octanol–water partition coefficient (Wildman–Crippen LogP) is 2.67. The van der Waals surface area contributed by atoms with Crippen molar-refractivity contribution in [1.29, 1.82) is 0 Å². The molecule has 2 rings (SSSR count). The summed E-state index contributed by atoms with van der Waals surface area (Å²) >= 11 is 0. The van der Waals surface area contributed by atoms with Gasteiger partial charge >= 0.3 is 0 Å². The largest absolute Gasteiger partial charge is 0.504 e. The van der Waals surface area contributed by atoms with Gasteiger partial charge in [0.05, 0.1) is 13.4 Å². The van der Waals surface area contributed by atoms with Crippen molar-refractivity contribution in [3.05, 3.63) is 42.2 Å². The second-order valence-electron chi connectivity index (χ2n) is 4.20. The van der Waals surface area contributed by atoms with Crippen molar-refractivity contribution in [3.8, 4) is 0 Å². The van der Waals surface area contributed by atoms with Crippen molar-refractivity contribution in [2.24, 2.45) is 5.92 Å². The molecule has 86 valence electrons. The fourth-order valence-corrected chi connectivity index (χ4v) is 2.29. The molecule has 2 nitrogen and oxygen atoms in total. The van der Waals surface area contributed by atoms with E-state index in [2.05, 4.69) is 35.6 Å². The molecule has 0 spiro atoms. The average Bonchev–Trinajstić information content (AvgIpc) is 2.38. The molecule has 1 aromatic rings. The molecule has 0 radical (unpaired) electrons. The fourth-order valence-electron chi connectivity index (χ4n) is 2.29. The van der Waals surface area contributed by atoms with Crippen LogP contribution in [0.4, 0.5) is 0 Å². The SMILES string of the molecule is CO/C=C(\c1ccccc1)C1CCNCC1. The molecule has 1 fully saturated rings. The summed E-state index contributed by atoms with van der Waals surface area (Å²) in [4.78, 5) is 0. The first-order valence-corrected chi connectivity index (χ1v) is 5.91. The van der Waals surface area contributed by atoms with Gasteiger partial charge in [0.25, 0.3) is 0 Å². The van der Waals surface area contributed by atoms with Crippen LogP contribution in [0.3, 0.4) is 0 Å². The van der Waals surface area contributed by atoms with Crippen molar-refractivity contribution in [2.45, 2.75) is 12.8 Å². The number of methoxy groups -OCH3 is 1. The van der Waals surface area contributed by atoms with Crippen LogP contribution in [0.25, 0.3) is 5.57 Å². The lowest BCUT2D eigenvalue weighted by Crippen LogP contribution is -2.28. The molecule has 0 bridgehead atoms. The van der Waals surface area contributed by atoms with Gasteiger partial charge < -0.3 is 10.1 Å². The average molecular weight is 217 g/mol. The Morgan fingerprint density at radius 2 is 1.94 bits per heavy atom. The van der Waals surface area contributed by atoms with E-state index in [1.807, 2.05) is 6.26 Å². The number of allylic oxidation sites excluding steroid dienone is 1. The van der Waals surface area contributed by atoms with E-state index in [0.717, 1.165) is 13.1 Å². The molecular formula is C14H19NO. The minimum absolute atomic E-state index is 0.628. The van der Waals surface area contributed by atoms with Gasteiger partial charge in [0, 0.05) is 0 Å². The van der Waals surface area contributed by atoms with Gasteiger partial charge in [-0.15, -0.1) is 0 Å². The highest BCUT2D eigenvalue weighted by atomic mass is 16.5. The molecule has 1 saturated heterocycles. The van der Waals surface area contributed by atoms with Crippen molar-refractivity contribution in [3.63, 3.8) is 0 Å². The third-order valence-electron chi connectivity index (χ3n) is 3.13. The zero-order chi connectivity index (χ0) is 11.2. The molecule has 0 amide bonds. The van der Waals surface area contributed by atoms with E-state index >= 15 is 0 Å². The number of rotatable bonds is 3. The van der Waals surface area contributed by atoms with Crippen LogP contribution in [0.5, 0.6) is 0 Å². The molecule has 16 heavy (non-hydrogen) atoms. The number of hydrogen-bond donors (Lipinski definition) is 1. The highest BCUT2D eigenvalue weighted by Gasteiger charge is 2.18. The highest BCUT2D eigenvalue weighted by Crippen LogP contribution is 2.29. The topological polar surface area (TPSA) is 21.3 Å². The monoisotopic (exact) mass is 217 g/mol. The maximum absolute atomic E-state index is 5.23. The van der Waals surface area contributed by atoms with E-state index in [-0.39, 0.29) is 0 Å². The molecule has 0 unspecified atom stereocenters. The summed E-state index contributed by atoms with van der Waals surface area (Å²) in [5, 5.41) is 3.40. The van der Waals surface area contributed by atoms with Crippen molar-refractivity contribution in [1.82, 2.24) is 5.32 Å². The van der Waals surface area contributed by atoms with Gasteiger partial charge in [0.1, 0.15) is 0 Å². The molecule has 1 aromatic carbocycles. The molecule has 2 heteroatoms. The standard InChI is InChI=1S/C14H19NO/c1-16-11-14(12-5-3-2-4-6-12)13-7-9-15-10-8-13/h2-6,11,13,15H,7-10H2,1H3/b14-11+. The second kappa shape index (κ2) is 5.71. The summed E-state index contributed by atoms with van der Waals surface area (Å²) in [5.74, 6) is 0.628. The number of hydrogen-bond acceptors (Lipinski definition) is 2.